The molecule has 0 aliphatic heterocycles. The summed E-state index contributed by atoms with van der Waals surface area (Å²) in [5.74, 6) is -2.44. The molecule has 0 aliphatic rings. The van der Waals surface area contributed by atoms with Gasteiger partial charge in [-0.25, -0.2) is 13.5 Å². The molecule has 0 unspecified atom stereocenters. The highest BCUT2D eigenvalue weighted by Gasteiger charge is 2.12. The summed E-state index contributed by atoms with van der Waals surface area (Å²) in [6, 6.07) is 7.96. The van der Waals surface area contributed by atoms with Gasteiger partial charge in [-0.1, -0.05) is 12.1 Å². The van der Waals surface area contributed by atoms with Crippen LogP contribution in [-0.2, 0) is 11.3 Å². The van der Waals surface area contributed by atoms with Gasteiger partial charge in [-0.05, 0) is 36.8 Å². The zero-order chi connectivity index (χ0) is 20.1. The predicted octanol–water partition coefficient (Wildman–Crippen LogP) is 2.88. The van der Waals surface area contributed by atoms with Gasteiger partial charge in [0.25, 0.3) is 5.91 Å². The number of carbonyl (C=O) groups excluding carboxylic acids is 2. The van der Waals surface area contributed by atoms with Crippen molar-refractivity contribution in [2.24, 2.45) is 0 Å². The average Bonchev–Trinajstić information content (AvgIpc) is 3.06. The van der Waals surface area contributed by atoms with Crippen molar-refractivity contribution in [2.75, 3.05) is 11.9 Å². The van der Waals surface area contributed by atoms with Crippen molar-refractivity contribution in [3.8, 4) is 0 Å². The van der Waals surface area contributed by atoms with Crippen molar-refractivity contribution in [3.05, 3.63) is 53.6 Å². The second kappa shape index (κ2) is 8.55. The van der Waals surface area contributed by atoms with E-state index in [1.165, 1.54) is 0 Å². The van der Waals surface area contributed by atoms with Crippen LogP contribution in [0.25, 0.3) is 11.0 Å². The fourth-order valence-electron chi connectivity index (χ4n) is 2.69. The number of nitrogens with zero attached hydrogens (tertiary/aromatic N) is 3. The summed E-state index contributed by atoms with van der Waals surface area (Å²) in [4.78, 5) is 24.1. The Kier molecular flexibility index (Phi) is 5.93. The van der Waals surface area contributed by atoms with Gasteiger partial charge >= 0.3 is 0 Å². The maximum atomic E-state index is 13.5. The molecule has 1 heterocycles. The summed E-state index contributed by atoms with van der Waals surface area (Å²) < 4.78 is 28.2. The van der Waals surface area contributed by atoms with E-state index in [0.29, 0.717) is 17.1 Å². The van der Waals surface area contributed by atoms with E-state index in [0.717, 1.165) is 30.6 Å². The molecule has 3 rings (SSSR count). The summed E-state index contributed by atoms with van der Waals surface area (Å²) in [6.07, 6.45) is 0.863. The van der Waals surface area contributed by atoms with Crippen LogP contribution in [0.5, 0.6) is 0 Å². The van der Waals surface area contributed by atoms with E-state index in [1.54, 1.807) is 22.9 Å². The van der Waals surface area contributed by atoms with Crippen LogP contribution in [0.3, 0.4) is 0 Å². The number of halogens is 2. The summed E-state index contributed by atoms with van der Waals surface area (Å²) in [5.41, 5.74) is 1.75. The summed E-state index contributed by atoms with van der Waals surface area (Å²) in [7, 11) is 0. The molecule has 28 heavy (non-hydrogen) atoms. The van der Waals surface area contributed by atoms with Gasteiger partial charge in [-0.2, -0.15) is 0 Å². The zero-order valence-corrected chi connectivity index (χ0v) is 15.2. The molecule has 0 spiro atoms. The van der Waals surface area contributed by atoms with Crippen LogP contribution in [-0.4, -0.2) is 33.4 Å². The Hall–Kier alpha value is -3.36. The van der Waals surface area contributed by atoms with E-state index >= 15 is 0 Å². The zero-order valence-electron chi connectivity index (χ0n) is 15.2. The van der Waals surface area contributed by atoms with E-state index in [4.69, 9.17) is 0 Å². The lowest BCUT2D eigenvalue weighted by atomic mass is 10.2. The molecule has 0 bridgehead atoms. The highest BCUT2D eigenvalue weighted by Crippen LogP contribution is 2.15. The normalized spacial score (nSPS) is 10.8. The Morgan fingerprint density at radius 3 is 2.71 bits per heavy atom. The number of anilines is 1. The maximum Gasteiger partial charge on any atom is 0.251 e. The number of aryl methyl sites for hydroxylation is 1. The Bertz CT molecular complexity index is 1020. The van der Waals surface area contributed by atoms with E-state index < -0.39 is 17.5 Å². The number of amides is 2. The highest BCUT2D eigenvalue weighted by molar-refractivity contribution is 5.97. The van der Waals surface area contributed by atoms with Gasteiger partial charge in [-0.3, -0.25) is 9.59 Å². The molecular formula is C19H19F2N5O2. The van der Waals surface area contributed by atoms with Crippen LogP contribution in [0.15, 0.2) is 36.4 Å². The van der Waals surface area contributed by atoms with Crippen LogP contribution in [0.1, 0.15) is 30.1 Å². The fourth-order valence-corrected chi connectivity index (χ4v) is 2.69. The highest BCUT2D eigenvalue weighted by atomic mass is 19.1. The molecule has 0 radical (unpaired) electrons. The van der Waals surface area contributed by atoms with Crippen molar-refractivity contribution in [1.82, 2.24) is 20.3 Å². The van der Waals surface area contributed by atoms with Gasteiger partial charge in [-0.15, -0.1) is 5.10 Å². The topological polar surface area (TPSA) is 88.9 Å². The number of fused-ring (bicyclic) bond motifs is 1. The predicted molar refractivity (Wildman–Crippen MR) is 99.8 cm³/mol. The first-order valence-corrected chi connectivity index (χ1v) is 8.84. The summed E-state index contributed by atoms with van der Waals surface area (Å²) in [5, 5.41) is 13.1. The van der Waals surface area contributed by atoms with Crippen LogP contribution < -0.4 is 10.6 Å². The molecule has 0 fully saturated rings. The number of hydrogen-bond donors (Lipinski definition) is 2. The smallest absolute Gasteiger partial charge is 0.251 e. The number of aromatic nitrogens is 3. The molecule has 2 amide bonds. The third kappa shape index (κ3) is 4.48. The lowest BCUT2D eigenvalue weighted by Crippen LogP contribution is -2.27. The molecule has 2 N–H and O–H groups in total. The Balaban J connectivity index is 1.53. The monoisotopic (exact) mass is 387 g/mol. The minimum Gasteiger partial charge on any atom is -0.352 e. The lowest BCUT2D eigenvalue weighted by Gasteiger charge is -2.08. The number of hydrogen-bond acceptors (Lipinski definition) is 4. The van der Waals surface area contributed by atoms with Crippen LogP contribution in [0, 0.1) is 11.6 Å². The van der Waals surface area contributed by atoms with Gasteiger partial charge < -0.3 is 10.6 Å². The van der Waals surface area contributed by atoms with Crippen molar-refractivity contribution < 1.29 is 18.4 Å². The van der Waals surface area contributed by atoms with Crippen LogP contribution in [0.2, 0.25) is 0 Å². The van der Waals surface area contributed by atoms with Gasteiger partial charge in [0.1, 0.15) is 17.2 Å². The van der Waals surface area contributed by atoms with E-state index in [9.17, 15) is 18.4 Å². The molecule has 2 aromatic carbocycles. The molecule has 146 valence electrons. The third-order valence-corrected chi connectivity index (χ3v) is 4.05. The first-order valence-electron chi connectivity index (χ1n) is 8.84. The van der Waals surface area contributed by atoms with E-state index in [2.05, 4.69) is 20.9 Å². The minimum atomic E-state index is -0.859. The second-order valence-electron chi connectivity index (χ2n) is 6.19. The SMILES string of the molecule is CCCn1nnc2cc(C(=O)NCCC(=O)Nc3ccc(F)cc3F)ccc21. The average molecular weight is 387 g/mol. The van der Waals surface area contributed by atoms with Crippen LogP contribution >= 0.6 is 0 Å². The van der Waals surface area contributed by atoms with Crippen molar-refractivity contribution in [1.29, 1.82) is 0 Å². The summed E-state index contributed by atoms with van der Waals surface area (Å²) in [6.45, 7) is 2.84. The molecule has 0 saturated heterocycles. The lowest BCUT2D eigenvalue weighted by molar-refractivity contribution is -0.116. The third-order valence-electron chi connectivity index (χ3n) is 4.05. The van der Waals surface area contributed by atoms with Crippen molar-refractivity contribution in [2.45, 2.75) is 26.3 Å². The maximum absolute atomic E-state index is 13.5. The standard InChI is InChI=1S/C19H19F2N5O2/c1-2-9-26-17-6-3-12(10-16(17)24-25-26)19(28)22-8-7-18(27)23-15-5-4-13(20)11-14(15)21/h3-6,10-11H,2,7-9H2,1H3,(H,22,28)(H,23,27). The Morgan fingerprint density at radius 2 is 1.96 bits per heavy atom. The number of benzene rings is 2. The van der Waals surface area contributed by atoms with Gasteiger partial charge in [0.05, 0.1) is 11.2 Å². The van der Waals surface area contributed by atoms with Crippen molar-refractivity contribution >= 4 is 28.5 Å². The number of nitrogens with one attached hydrogen (secondary N) is 2. The molecule has 0 saturated carbocycles. The van der Waals surface area contributed by atoms with E-state index in [1.807, 2.05) is 6.92 Å². The van der Waals surface area contributed by atoms with Crippen LogP contribution in [0.4, 0.5) is 14.5 Å². The first-order chi connectivity index (χ1) is 13.5. The molecular weight excluding hydrogens is 368 g/mol. The fraction of sp³-hybridized carbons (Fsp3) is 0.263. The second-order valence-corrected chi connectivity index (χ2v) is 6.19. The largest absolute Gasteiger partial charge is 0.352 e. The summed E-state index contributed by atoms with van der Waals surface area (Å²) >= 11 is 0. The molecule has 3 aromatic rings. The van der Waals surface area contributed by atoms with Gasteiger partial charge in [0, 0.05) is 31.1 Å². The number of rotatable bonds is 7. The molecule has 7 nitrogen and oxygen atoms in total. The molecule has 1 aromatic heterocycles. The number of carbonyl (C=O) groups is 2. The minimum absolute atomic E-state index is 0.0581. The Labute approximate surface area is 159 Å². The van der Waals surface area contributed by atoms with E-state index in [-0.39, 0.29) is 24.6 Å². The Morgan fingerprint density at radius 1 is 1.14 bits per heavy atom. The quantitative estimate of drug-likeness (QED) is 0.652. The van der Waals surface area contributed by atoms with Gasteiger partial charge in [0.2, 0.25) is 5.91 Å². The van der Waals surface area contributed by atoms with Crippen molar-refractivity contribution in [3.63, 3.8) is 0 Å². The molecule has 9 heteroatoms. The van der Waals surface area contributed by atoms with Gasteiger partial charge in [0.15, 0.2) is 0 Å². The first kappa shape index (κ1) is 19.4. The molecule has 0 atom stereocenters. The molecule has 0 aliphatic carbocycles.